The number of rotatable bonds is 4. The standard InChI is InChI=1S/C18H22N6O2/c1-11-8-15-17(20-12-4-3-7-19-10-12)21-22-18(24(15)23-11)14-6-5-13(26-2)9-16(14)25/h5-6,8-9,12,19,25H,3-4,7,10H2,1-2H3,(H,20,21)/t12-/m1/s1. The maximum Gasteiger partial charge on any atom is 0.187 e. The van der Waals surface area contributed by atoms with Crippen LogP contribution in [0.4, 0.5) is 5.82 Å². The van der Waals surface area contributed by atoms with Crippen LogP contribution < -0.4 is 15.4 Å². The van der Waals surface area contributed by atoms with Gasteiger partial charge in [0.1, 0.15) is 17.0 Å². The molecule has 0 bridgehead atoms. The Balaban J connectivity index is 1.76. The van der Waals surface area contributed by atoms with E-state index in [4.69, 9.17) is 4.74 Å². The number of phenolic OH excluding ortho intramolecular Hbond substituents is 1. The Morgan fingerprint density at radius 1 is 1.31 bits per heavy atom. The molecule has 3 N–H and O–H groups in total. The number of methoxy groups -OCH3 is 1. The first-order valence-electron chi connectivity index (χ1n) is 8.73. The third kappa shape index (κ3) is 3.03. The van der Waals surface area contributed by atoms with Crippen LogP contribution in [0.25, 0.3) is 16.9 Å². The molecule has 1 fully saturated rings. The molecule has 8 heteroatoms. The third-order valence-corrected chi connectivity index (χ3v) is 4.60. The molecule has 26 heavy (non-hydrogen) atoms. The van der Waals surface area contributed by atoms with Gasteiger partial charge < -0.3 is 20.5 Å². The van der Waals surface area contributed by atoms with Crippen molar-refractivity contribution in [3.63, 3.8) is 0 Å². The molecule has 0 saturated carbocycles. The summed E-state index contributed by atoms with van der Waals surface area (Å²) in [5.74, 6) is 1.84. The number of benzene rings is 1. The third-order valence-electron chi connectivity index (χ3n) is 4.60. The van der Waals surface area contributed by atoms with Crippen molar-refractivity contribution in [3.8, 4) is 22.9 Å². The molecule has 0 spiro atoms. The van der Waals surface area contributed by atoms with Crippen molar-refractivity contribution in [3.05, 3.63) is 30.0 Å². The highest BCUT2D eigenvalue weighted by Gasteiger charge is 2.19. The Bertz CT molecular complexity index is 933. The second-order valence-electron chi connectivity index (χ2n) is 6.53. The molecule has 1 saturated heterocycles. The molecule has 136 valence electrons. The summed E-state index contributed by atoms with van der Waals surface area (Å²) in [5.41, 5.74) is 2.25. The molecule has 8 nitrogen and oxygen atoms in total. The van der Waals surface area contributed by atoms with Crippen molar-refractivity contribution in [1.82, 2.24) is 25.1 Å². The van der Waals surface area contributed by atoms with Gasteiger partial charge in [-0.05, 0) is 44.5 Å². The van der Waals surface area contributed by atoms with E-state index in [0.717, 1.165) is 37.1 Å². The molecule has 3 heterocycles. The van der Waals surface area contributed by atoms with Crippen molar-refractivity contribution in [2.45, 2.75) is 25.8 Å². The van der Waals surface area contributed by atoms with E-state index in [1.165, 1.54) is 0 Å². The van der Waals surface area contributed by atoms with Gasteiger partial charge in [0.15, 0.2) is 11.6 Å². The lowest BCUT2D eigenvalue weighted by molar-refractivity contribution is 0.408. The fourth-order valence-electron chi connectivity index (χ4n) is 3.29. The molecule has 2 aromatic heterocycles. The molecule has 1 aliphatic rings. The van der Waals surface area contributed by atoms with Crippen LogP contribution in [0.2, 0.25) is 0 Å². The number of anilines is 1. The molecule has 3 aromatic rings. The Hall–Kier alpha value is -2.87. The summed E-state index contributed by atoms with van der Waals surface area (Å²) in [6.45, 7) is 3.89. The van der Waals surface area contributed by atoms with E-state index in [9.17, 15) is 5.11 Å². The molecule has 4 rings (SSSR count). The first kappa shape index (κ1) is 16.6. The lowest BCUT2D eigenvalue weighted by atomic mass is 10.1. The number of aromatic hydroxyl groups is 1. The number of nitrogens with one attached hydrogen (secondary N) is 2. The van der Waals surface area contributed by atoms with Gasteiger partial charge in [0.2, 0.25) is 0 Å². The fourth-order valence-corrected chi connectivity index (χ4v) is 3.29. The molecular formula is C18H22N6O2. The molecule has 1 aromatic carbocycles. The zero-order valence-corrected chi connectivity index (χ0v) is 14.9. The SMILES string of the molecule is COc1ccc(-c2nnc(N[C@@H]3CCCNC3)c3cc(C)nn23)c(O)c1. The summed E-state index contributed by atoms with van der Waals surface area (Å²) < 4.78 is 6.87. The van der Waals surface area contributed by atoms with Gasteiger partial charge in [-0.2, -0.15) is 5.10 Å². The van der Waals surface area contributed by atoms with Crippen LogP contribution in [0.1, 0.15) is 18.5 Å². The molecule has 0 unspecified atom stereocenters. The van der Waals surface area contributed by atoms with Crippen molar-refractivity contribution < 1.29 is 9.84 Å². The number of aromatic nitrogens is 4. The Labute approximate surface area is 151 Å². The van der Waals surface area contributed by atoms with Crippen LogP contribution >= 0.6 is 0 Å². The topological polar surface area (TPSA) is 96.6 Å². The van der Waals surface area contributed by atoms with Crippen molar-refractivity contribution in [1.29, 1.82) is 0 Å². The molecule has 0 radical (unpaired) electrons. The number of piperidine rings is 1. The Kier molecular flexibility index (Phi) is 4.34. The molecule has 1 aliphatic heterocycles. The highest BCUT2D eigenvalue weighted by Crippen LogP contribution is 2.32. The normalized spacial score (nSPS) is 17.4. The van der Waals surface area contributed by atoms with E-state index >= 15 is 0 Å². The zero-order chi connectivity index (χ0) is 18.1. The number of ether oxygens (including phenoxy) is 1. The minimum atomic E-state index is 0.0743. The predicted molar refractivity (Wildman–Crippen MR) is 98.7 cm³/mol. The smallest absolute Gasteiger partial charge is 0.187 e. The first-order chi connectivity index (χ1) is 12.7. The molecular weight excluding hydrogens is 332 g/mol. The highest BCUT2D eigenvalue weighted by atomic mass is 16.5. The van der Waals surface area contributed by atoms with E-state index in [1.807, 2.05) is 13.0 Å². The number of hydrogen-bond donors (Lipinski definition) is 3. The minimum Gasteiger partial charge on any atom is -0.507 e. The number of fused-ring (bicyclic) bond motifs is 1. The highest BCUT2D eigenvalue weighted by molar-refractivity contribution is 5.74. The fraction of sp³-hybridized carbons (Fsp3) is 0.389. The monoisotopic (exact) mass is 354 g/mol. The molecule has 0 aliphatic carbocycles. The van der Waals surface area contributed by atoms with E-state index in [2.05, 4.69) is 25.9 Å². The van der Waals surface area contributed by atoms with Crippen LogP contribution in [-0.4, -0.2) is 51.2 Å². The number of aryl methyl sites for hydroxylation is 1. The van der Waals surface area contributed by atoms with Crippen LogP contribution in [0.15, 0.2) is 24.3 Å². The predicted octanol–water partition coefficient (Wildman–Crippen LogP) is 1.98. The second-order valence-corrected chi connectivity index (χ2v) is 6.53. The Morgan fingerprint density at radius 2 is 2.19 bits per heavy atom. The van der Waals surface area contributed by atoms with Gasteiger partial charge in [-0.25, -0.2) is 4.52 Å². The van der Waals surface area contributed by atoms with E-state index in [1.54, 1.807) is 29.8 Å². The van der Waals surface area contributed by atoms with Crippen molar-refractivity contribution in [2.75, 3.05) is 25.5 Å². The summed E-state index contributed by atoms with van der Waals surface area (Å²) in [7, 11) is 1.56. The van der Waals surface area contributed by atoms with E-state index in [-0.39, 0.29) is 5.75 Å². The first-order valence-corrected chi connectivity index (χ1v) is 8.73. The quantitative estimate of drug-likeness (QED) is 0.659. The Morgan fingerprint density at radius 3 is 2.92 bits per heavy atom. The van der Waals surface area contributed by atoms with Crippen LogP contribution in [0.5, 0.6) is 11.5 Å². The zero-order valence-electron chi connectivity index (χ0n) is 14.9. The van der Waals surface area contributed by atoms with Crippen LogP contribution in [0, 0.1) is 6.92 Å². The lowest BCUT2D eigenvalue weighted by Gasteiger charge is -2.24. The summed E-state index contributed by atoms with van der Waals surface area (Å²) in [6, 6.07) is 7.37. The summed E-state index contributed by atoms with van der Waals surface area (Å²) in [5, 5.41) is 30.5. The number of hydrogen-bond acceptors (Lipinski definition) is 7. The van der Waals surface area contributed by atoms with Gasteiger partial charge >= 0.3 is 0 Å². The lowest BCUT2D eigenvalue weighted by Crippen LogP contribution is -2.38. The summed E-state index contributed by atoms with van der Waals surface area (Å²) in [6.07, 6.45) is 2.23. The average molecular weight is 354 g/mol. The average Bonchev–Trinajstić information content (AvgIpc) is 3.05. The maximum absolute atomic E-state index is 10.4. The van der Waals surface area contributed by atoms with Gasteiger partial charge in [-0.1, -0.05) is 0 Å². The largest absolute Gasteiger partial charge is 0.507 e. The van der Waals surface area contributed by atoms with Crippen molar-refractivity contribution >= 4 is 11.3 Å². The van der Waals surface area contributed by atoms with Crippen molar-refractivity contribution in [2.24, 2.45) is 0 Å². The number of nitrogens with zero attached hydrogens (tertiary/aromatic N) is 4. The molecule has 1 atom stereocenters. The van der Waals surface area contributed by atoms with Gasteiger partial charge in [0.25, 0.3) is 0 Å². The van der Waals surface area contributed by atoms with E-state index in [0.29, 0.717) is 29.0 Å². The van der Waals surface area contributed by atoms with E-state index < -0.39 is 0 Å². The summed E-state index contributed by atoms with van der Waals surface area (Å²) in [4.78, 5) is 0. The second kappa shape index (κ2) is 6.80. The molecule has 0 amide bonds. The van der Waals surface area contributed by atoms with Crippen LogP contribution in [0.3, 0.4) is 0 Å². The van der Waals surface area contributed by atoms with Crippen LogP contribution in [-0.2, 0) is 0 Å². The van der Waals surface area contributed by atoms with Gasteiger partial charge in [-0.15, -0.1) is 10.2 Å². The minimum absolute atomic E-state index is 0.0743. The number of phenols is 1. The van der Waals surface area contributed by atoms with Gasteiger partial charge in [-0.3, -0.25) is 0 Å². The van der Waals surface area contributed by atoms with Gasteiger partial charge in [0.05, 0.1) is 18.4 Å². The maximum atomic E-state index is 10.4. The van der Waals surface area contributed by atoms with Gasteiger partial charge in [0, 0.05) is 18.7 Å². The summed E-state index contributed by atoms with van der Waals surface area (Å²) >= 11 is 0.